The van der Waals surface area contributed by atoms with E-state index in [4.69, 9.17) is 18.6 Å². The maximum absolute atomic E-state index is 7.10. The Labute approximate surface area is 311 Å². The predicted octanol–water partition coefficient (Wildman–Crippen LogP) is 12.1. The van der Waals surface area contributed by atoms with Crippen molar-refractivity contribution in [1.82, 2.24) is 0 Å². The zero-order valence-electron chi connectivity index (χ0n) is 31.2. The molecule has 4 nitrogen and oxygen atoms in total. The van der Waals surface area contributed by atoms with Gasteiger partial charge in [0.25, 0.3) is 0 Å². The predicted molar refractivity (Wildman–Crippen MR) is 214 cm³/mol. The third-order valence-corrected chi connectivity index (χ3v) is 15.0. The van der Waals surface area contributed by atoms with Gasteiger partial charge in [0, 0.05) is 18.9 Å². The molecule has 0 saturated carbocycles. The summed E-state index contributed by atoms with van der Waals surface area (Å²) in [7, 11) is -0.363. The van der Waals surface area contributed by atoms with Gasteiger partial charge in [-0.3, -0.25) is 0 Å². The van der Waals surface area contributed by atoms with E-state index in [1.165, 1.54) is 0 Å². The van der Waals surface area contributed by atoms with E-state index < -0.39 is 13.9 Å². The Hall–Kier alpha value is -3.00. The lowest BCUT2D eigenvalue weighted by atomic mass is 9.80. The minimum Gasteiger partial charge on any atom is -0.497 e. The highest BCUT2D eigenvalue weighted by Gasteiger charge is 2.42. The molecule has 0 aromatic heterocycles. The maximum atomic E-state index is 7.10. The Bertz CT molecular complexity index is 1470. The highest BCUT2D eigenvalue weighted by Crippen LogP contribution is 2.42. The summed E-state index contributed by atoms with van der Waals surface area (Å²) >= 11 is 3.66. The number of rotatable bonds is 19. The fourth-order valence-corrected chi connectivity index (χ4v) is 7.94. The first-order valence-electron chi connectivity index (χ1n) is 17.9. The molecule has 3 atom stereocenters. The van der Waals surface area contributed by atoms with Gasteiger partial charge >= 0.3 is 0 Å². The van der Waals surface area contributed by atoms with Gasteiger partial charge in [0.1, 0.15) is 11.4 Å². The summed E-state index contributed by atoms with van der Waals surface area (Å²) < 4.78 is 27.3. The van der Waals surface area contributed by atoms with Gasteiger partial charge < -0.3 is 18.6 Å². The van der Waals surface area contributed by atoms with Crippen molar-refractivity contribution >= 4 is 24.2 Å². The lowest BCUT2D eigenvalue weighted by Crippen LogP contribution is -2.47. The average Bonchev–Trinajstić information content (AvgIpc) is 3.11. The topological polar surface area (TPSA) is 36.9 Å². The van der Waals surface area contributed by atoms with Crippen LogP contribution in [0.5, 0.6) is 5.75 Å². The summed E-state index contributed by atoms with van der Waals surface area (Å²) in [6.45, 7) is 19.1. The first kappa shape index (κ1) is 39.8. The standard InChI is InChI=1S/C44H57BrO4Si/c1-34(45)32-42(49-50(7,8)43(3,4)5)35(2)41(47-33-36-27-29-40(46-6)30-28-36)26-18-19-31-48-44(37-20-12-9-13-21-37,38-22-14-10-15-23-38)39-24-16-11-17-25-39/h9-17,20-25,27-30,35,41-42H,1,18-19,26,31-33H2,2-8H3/t35-,41+,42-/m0/s1. The minimum atomic E-state index is -2.05. The van der Waals surface area contributed by atoms with Crippen LogP contribution in [0.1, 0.15) is 75.6 Å². The molecule has 0 aliphatic heterocycles. The Balaban J connectivity index is 1.55. The van der Waals surface area contributed by atoms with Gasteiger partial charge in [-0.2, -0.15) is 0 Å². The molecule has 0 amide bonds. The molecule has 4 aromatic rings. The number of unbranched alkanes of at least 4 members (excludes halogenated alkanes) is 1. The number of benzene rings is 4. The summed E-state index contributed by atoms with van der Waals surface area (Å²) in [5.74, 6) is 0.990. The normalized spacial score (nSPS) is 14.2. The molecular weight excluding hydrogens is 700 g/mol. The maximum Gasteiger partial charge on any atom is 0.192 e. The van der Waals surface area contributed by atoms with Crippen LogP contribution >= 0.6 is 15.9 Å². The SMILES string of the molecule is C=C(Br)C[C@H](O[Si](C)(C)C(C)(C)C)[C@@H](C)[C@@H](CCCCOC(c1ccccc1)(c1ccccc1)c1ccccc1)OCc1ccc(OC)cc1. The third kappa shape index (κ3) is 10.5. The molecule has 0 aliphatic carbocycles. The van der Waals surface area contributed by atoms with Crippen molar-refractivity contribution in [2.45, 2.75) is 95.9 Å². The first-order chi connectivity index (χ1) is 23.9. The van der Waals surface area contributed by atoms with Crippen LogP contribution in [-0.4, -0.2) is 34.2 Å². The second-order valence-electron chi connectivity index (χ2n) is 14.8. The summed E-state index contributed by atoms with van der Waals surface area (Å²) in [4.78, 5) is 0. The van der Waals surface area contributed by atoms with Gasteiger partial charge in [-0.15, -0.1) is 0 Å². The van der Waals surface area contributed by atoms with Crippen molar-refractivity contribution in [3.05, 3.63) is 149 Å². The van der Waals surface area contributed by atoms with Crippen LogP contribution in [0.4, 0.5) is 0 Å². The fourth-order valence-electron chi connectivity index (χ4n) is 6.21. The van der Waals surface area contributed by atoms with E-state index in [9.17, 15) is 0 Å². The van der Waals surface area contributed by atoms with E-state index in [0.29, 0.717) is 13.2 Å². The number of hydrogen-bond donors (Lipinski definition) is 0. The zero-order valence-corrected chi connectivity index (χ0v) is 33.7. The summed E-state index contributed by atoms with van der Waals surface area (Å²) in [5.41, 5.74) is 3.75. The molecule has 0 bridgehead atoms. The Morgan fingerprint density at radius 2 is 1.24 bits per heavy atom. The highest BCUT2D eigenvalue weighted by molar-refractivity contribution is 9.11. The molecule has 0 heterocycles. The molecule has 0 aliphatic rings. The van der Waals surface area contributed by atoms with Gasteiger partial charge in [-0.25, -0.2) is 0 Å². The zero-order chi connectivity index (χ0) is 36.2. The van der Waals surface area contributed by atoms with Crippen molar-refractivity contribution < 1.29 is 18.6 Å². The van der Waals surface area contributed by atoms with E-state index in [1.807, 2.05) is 12.1 Å². The molecule has 268 valence electrons. The number of methoxy groups -OCH3 is 1. The summed E-state index contributed by atoms with van der Waals surface area (Å²) in [6.07, 6.45) is 3.45. The molecular formula is C44H57BrO4Si. The fraction of sp³-hybridized carbons (Fsp3) is 0.409. The van der Waals surface area contributed by atoms with Crippen LogP contribution in [0.15, 0.2) is 126 Å². The third-order valence-electron chi connectivity index (χ3n) is 10.2. The molecule has 4 rings (SSSR count). The summed E-state index contributed by atoms with van der Waals surface area (Å²) in [5, 5.41) is 0.0954. The van der Waals surface area contributed by atoms with E-state index in [2.05, 4.69) is 166 Å². The van der Waals surface area contributed by atoms with E-state index in [0.717, 1.165) is 58.2 Å². The highest BCUT2D eigenvalue weighted by atomic mass is 79.9. The van der Waals surface area contributed by atoms with Crippen LogP contribution in [0.25, 0.3) is 0 Å². The molecule has 4 aromatic carbocycles. The minimum absolute atomic E-state index is 0.0122. The van der Waals surface area contributed by atoms with Crippen LogP contribution in [0.2, 0.25) is 18.1 Å². The van der Waals surface area contributed by atoms with Gasteiger partial charge in [0.15, 0.2) is 8.32 Å². The summed E-state index contributed by atoms with van der Waals surface area (Å²) in [6, 6.07) is 39.9. The van der Waals surface area contributed by atoms with Crippen molar-refractivity contribution in [2.24, 2.45) is 5.92 Å². The van der Waals surface area contributed by atoms with Crippen molar-refractivity contribution in [2.75, 3.05) is 13.7 Å². The van der Waals surface area contributed by atoms with E-state index in [-0.39, 0.29) is 23.2 Å². The molecule has 0 N–H and O–H groups in total. The average molecular weight is 758 g/mol. The Morgan fingerprint density at radius 3 is 1.68 bits per heavy atom. The first-order valence-corrected chi connectivity index (χ1v) is 21.6. The van der Waals surface area contributed by atoms with Crippen molar-refractivity contribution in [3.8, 4) is 5.75 Å². The molecule has 0 spiro atoms. The molecule has 0 radical (unpaired) electrons. The van der Waals surface area contributed by atoms with Gasteiger partial charge in [-0.05, 0) is 76.3 Å². The molecule has 50 heavy (non-hydrogen) atoms. The molecule has 0 fully saturated rings. The second-order valence-corrected chi connectivity index (χ2v) is 20.7. The van der Waals surface area contributed by atoms with Crippen molar-refractivity contribution in [1.29, 1.82) is 0 Å². The smallest absolute Gasteiger partial charge is 0.192 e. The second kappa shape index (κ2) is 18.5. The number of hydrogen-bond acceptors (Lipinski definition) is 4. The van der Waals surface area contributed by atoms with Crippen LogP contribution in [-0.2, 0) is 26.1 Å². The van der Waals surface area contributed by atoms with Crippen LogP contribution in [0.3, 0.4) is 0 Å². The van der Waals surface area contributed by atoms with Gasteiger partial charge in [0.2, 0.25) is 0 Å². The lowest BCUT2D eigenvalue weighted by molar-refractivity contribution is -0.0412. The lowest BCUT2D eigenvalue weighted by Gasteiger charge is -2.42. The van der Waals surface area contributed by atoms with E-state index in [1.54, 1.807) is 7.11 Å². The number of halogens is 1. The molecule has 0 unspecified atom stereocenters. The number of ether oxygens (including phenoxy) is 3. The van der Waals surface area contributed by atoms with E-state index >= 15 is 0 Å². The van der Waals surface area contributed by atoms with Crippen LogP contribution in [0, 0.1) is 5.92 Å². The Kier molecular flexibility index (Phi) is 14.7. The van der Waals surface area contributed by atoms with Crippen LogP contribution < -0.4 is 4.74 Å². The van der Waals surface area contributed by atoms with Gasteiger partial charge in [0.05, 0.1) is 25.9 Å². The largest absolute Gasteiger partial charge is 0.497 e. The molecule has 0 saturated heterocycles. The monoisotopic (exact) mass is 756 g/mol. The van der Waals surface area contributed by atoms with Gasteiger partial charge in [-0.1, -0.05) is 153 Å². The quantitative estimate of drug-likeness (QED) is 0.0542. The van der Waals surface area contributed by atoms with Crippen molar-refractivity contribution in [3.63, 3.8) is 0 Å². The Morgan fingerprint density at radius 1 is 0.740 bits per heavy atom. The molecule has 6 heteroatoms.